The third-order valence-electron chi connectivity index (χ3n) is 14.4. The molecule has 10 N–H and O–H groups in total. The molecule has 16 unspecified atom stereocenters. The Morgan fingerprint density at radius 3 is 1.16 bits per heavy atom. The van der Waals surface area contributed by atoms with Gasteiger partial charge in [0.2, 0.25) is 0 Å². The van der Waals surface area contributed by atoms with E-state index in [0.29, 0.717) is 33.1 Å². The number of aliphatic hydroxyl groups excluding tert-OH is 6. The first-order chi connectivity index (χ1) is 45.8. The highest BCUT2D eigenvalue weighted by molar-refractivity contribution is 6.33. The number of aromatic nitrogens is 16. The number of nitrogen functional groups attached to an aromatic ring is 1. The number of anilines is 1. The first-order valence-electron chi connectivity index (χ1n) is 28.3. The lowest BCUT2D eigenvalue weighted by Crippen LogP contribution is -2.40. The van der Waals surface area contributed by atoms with Crippen LogP contribution in [-0.2, 0) is 76.1 Å². The number of H-pyrrole nitrogens is 2. The van der Waals surface area contributed by atoms with E-state index in [0.717, 1.165) is 0 Å². The van der Waals surface area contributed by atoms with Gasteiger partial charge in [0.1, 0.15) is 73.1 Å². The molecule has 100 heavy (non-hydrogen) atoms. The zero-order valence-electron chi connectivity index (χ0n) is 51.9. The molecule has 4 aliphatic heterocycles. The van der Waals surface area contributed by atoms with Crippen molar-refractivity contribution in [2.75, 3.05) is 38.5 Å². The van der Waals surface area contributed by atoms with Gasteiger partial charge in [-0.15, -0.1) is 21.8 Å². The molecule has 0 amide bonds. The first kappa shape index (κ1) is 83.1. The highest BCUT2D eigenvalue weighted by Gasteiger charge is 2.53. The van der Waals surface area contributed by atoms with E-state index in [1.807, 2.05) is 0 Å². The van der Waals surface area contributed by atoms with Crippen LogP contribution in [0, 0.1) is 0 Å². The summed E-state index contributed by atoms with van der Waals surface area (Å²) < 4.78 is 59.8. The summed E-state index contributed by atoms with van der Waals surface area (Å²) in [5.74, 6) is -3.40. The highest BCUT2D eigenvalue weighted by Crippen LogP contribution is 2.39. The number of nitrogens with zero attached hydrogens (tertiary/aromatic N) is 14. The predicted octanol–water partition coefficient (Wildman–Crippen LogP) is -1.62. The van der Waals surface area contributed by atoms with Crippen LogP contribution in [0.1, 0.15) is 88.7 Å². The SMILES string of the molecule is C.C.C.CC(=O)OCC1OC(n2cnc3c(=O)[nH]ncc32)C(OC(C)=O)C1OC(C)=O.CC(=O)OCC1OC(n2cnc3c(Cl)nncc32)C(OC(C)=O)C1OC(C)=O.CCl.Nc1nncc2c1ncn2C1OC(CO)C(O)C1O.O=c1[nH]ncc2c1ncn2C1OC(CO)C(O)C1O.[B]. The second-order valence-corrected chi connectivity index (χ2v) is 21.2. The Bertz CT molecular complexity index is 4200. The Labute approximate surface area is 577 Å². The van der Waals surface area contributed by atoms with Gasteiger partial charge in [-0.2, -0.15) is 20.4 Å². The molecule has 0 aromatic carbocycles. The highest BCUT2D eigenvalue weighted by atomic mass is 35.5. The summed E-state index contributed by atoms with van der Waals surface area (Å²) in [6.07, 6.45) is -3.60. The first-order valence-corrected chi connectivity index (χ1v) is 29.4. The number of rotatable bonds is 14. The molecule has 4 aliphatic rings. The summed E-state index contributed by atoms with van der Waals surface area (Å²) in [5, 5.41) is 84.3. The molecular weight excluding hydrogens is 1380 g/mol. The number of ether oxygens (including phenoxy) is 10. The zero-order chi connectivity index (χ0) is 70.0. The number of aliphatic hydroxyl groups is 6. The largest absolute Gasteiger partial charge is 0.463 e. The van der Waals surface area contributed by atoms with Crippen molar-refractivity contribution in [2.45, 2.75) is 162 Å². The molecule has 0 saturated carbocycles. The molecule has 12 heterocycles. The summed E-state index contributed by atoms with van der Waals surface area (Å²) >= 11 is 10.6. The minimum atomic E-state index is -1.23. The number of aromatic amines is 2. The van der Waals surface area contributed by atoms with Crippen molar-refractivity contribution < 1.29 is 107 Å². The van der Waals surface area contributed by atoms with Crippen molar-refractivity contribution in [1.29, 1.82) is 0 Å². The van der Waals surface area contributed by atoms with E-state index in [9.17, 15) is 58.8 Å². The van der Waals surface area contributed by atoms with Gasteiger partial charge in [-0.25, -0.2) is 30.1 Å². The minimum absolute atomic E-state index is 0. The number of nitrogens with two attached hydrogens (primary N) is 1. The normalized spacial score (nSPS) is 25.4. The lowest BCUT2D eigenvalue weighted by atomic mass is 10.1. The van der Waals surface area contributed by atoms with E-state index in [1.165, 1.54) is 116 Å². The number of halogens is 2. The van der Waals surface area contributed by atoms with Gasteiger partial charge in [0.15, 0.2) is 71.3 Å². The van der Waals surface area contributed by atoms with Gasteiger partial charge in [0.05, 0.1) is 85.4 Å². The number of carbonyl (C=O) groups excluding carboxylic acids is 6. The van der Waals surface area contributed by atoms with E-state index in [4.69, 9.17) is 74.9 Å². The van der Waals surface area contributed by atoms with Crippen LogP contribution in [0.25, 0.3) is 44.1 Å². The Morgan fingerprint density at radius 2 is 0.800 bits per heavy atom. The van der Waals surface area contributed by atoms with E-state index in [2.05, 4.69) is 72.3 Å². The number of fused-ring (bicyclic) bond motifs is 4. The molecule has 44 heteroatoms. The van der Waals surface area contributed by atoms with E-state index >= 15 is 0 Å². The average Bonchev–Trinajstić information content (AvgIpc) is 1.64. The molecule has 0 bridgehead atoms. The standard InChI is InChI=1S/C16H17ClN4O7.C16H18N4O8.C10H13N5O4.C10H12N4O5.CH3Cl.3CH4.B/c1-7(22)25-5-11-13(26-8(2)23)14(27-9(3)24)16(28-11)21-6-18-12-10(21)4-19-20-15(12)17;1-7(21)25-5-11-13(26-8(2)22)14(27-9(3)23)16(28-11)20-6-17-12-10(20)4-18-19-15(12)24;11-9-6-4(1-13-14-9)15(3-12-6)10-8(18)7(17)5(2-16)19-10;15-2-5-7(16)8(17)10(19-5)14-3-11-6-4(14)1-12-13-9(6)18;1-2;;;;/h4,6,11,13-14,16H,5H2,1-3H3;4,6,11,13-14,16H,5H2,1-3H3,(H,19,24);1,3,5,7-8,10,16-18H,2H2,(H2,11,14);1,3,5,7-8,10,15-17H,2H2,(H,13,18);1H3;3*1H4;. The van der Waals surface area contributed by atoms with Gasteiger partial charge in [0, 0.05) is 56.3 Å². The number of hydrogen-bond donors (Lipinski definition) is 9. The molecule has 545 valence electrons. The van der Waals surface area contributed by atoms with Crippen molar-refractivity contribution in [3.63, 3.8) is 0 Å². The van der Waals surface area contributed by atoms with Crippen LogP contribution in [-0.4, -0.2) is 260 Å². The average molecular weight is 1450 g/mol. The molecule has 8 aromatic rings. The van der Waals surface area contributed by atoms with Crippen LogP contribution in [0.5, 0.6) is 0 Å². The lowest BCUT2D eigenvalue weighted by molar-refractivity contribution is -0.166. The molecular formula is C56H75BCl2N17O24. The van der Waals surface area contributed by atoms with E-state index < -0.39 is 152 Å². The predicted molar refractivity (Wildman–Crippen MR) is 343 cm³/mol. The zero-order valence-corrected chi connectivity index (χ0v) is 53.4. The summed E-state index contributed by atoms with van der Waals surface area (Å²) in [5.41, 5.74) is 7.44. The number of nitrogens with one attached hydrogen (secondary N) is 2. The van der Waals surface area contributed by atoms with Crippen LogP contribution < -0.4 is 16.9 Å². The molecule has 3 radical (unpaired) electrons. The molecule has 16 atom stereocenters. The Kier molecular flexibility index (Phi) is 30.5. The van der Waals surface area contributed by atoms with Crippen molar-refractivity contribution in [2.24, 2.45) is 0 Å². The maximum atomic E-state index is 11.9. The number of carbonyl (C=O) groups is 6. The van der Waals surface area contributed by atoms with Gasteiger partial charge in [-0.1, -0.05) is 33.9 Å². The number of alkyl halides is 1. The lowest BCUT2D eigenvalue weighted by Gasteiger charge is -2.23. The molecule has 4 fully saturated rings. The number of hydrogen-bond acceptors (Lipinski definition) is 35. The van der Waals surface area contributed by atoms with Crippen LogP contribution in [0.4, 0.5) is 5.82 Å². The van der Waals surface area contributed by atoms with Crippen LogP contribution in [0.3, 0.4) is 0 Å². The fourth-order valence-electron chi connectivity index (χ4n) is 10.3. The molecule has 8 aromatic heterocycles. The molecule has 12 rings (SSSR count). The fraction of sp³-hybridized carbons (Fsp3) is 0.536. The van der Waals surface area contributed by atoms with Gasteiger partial charge >= 0.3 is 35.8 Å². The van der Waals surface area contributed by atoms with Crippen molar-refractivity contribution in [3.05, 3.63) is 76.0 Å². The number of esters is 6. The fourth-order valence-corrected chi connectivity index (χ4v) is 10.5. The van der Waals surface area contributed by atoms with Gasteiger partial charge in [-0.3, -0.25) is 56.6 Å². The summed E-state index contributed by atoms with van der Waals surface area (Å²) in [4.78, 5) is 108. The molecule has 41 nitrogen and oxygen atoms in total. The van der Waals surface area contributed by atoms with Gasteiger partial charge in [0.25, 0.3) is 11.1 Å². The third kappa shape index (κ3) is 18.4. The molecule has 0 spiro atoms. The topological polar surface area (TPSA) is 556 Å². The second kappa shape index (κ2) is 36.7. The Morgan fingerprint density at radius 1 is 0.480 bits per heavy atom. The smallest absolute Gasteiger partial charge is 0.303 e. The molecule has 0 aliphatic carbocycles. The maximum Gasteiger partial charge on any atom is 0.303 e. The summed E-state index contributed by atoms with van der Waals surface area (Å²) in [6, 6.07) is 0. The summed E-state index contributed by atoms with van der Waals surface area (Å²) in [7, 11) is 0. The van der Waals surface area contributed by atoms with E-state index in [-0.39, 0.29) is 72.5 Å². The number of imidazole rings is 4. The van der Waals surface area contributed by atoms with Crippen molar-refractivity contribution in [1.82, 2.24) is 79.0 Å². The Hall–Kier alpha value is -9.34. The van der Waals surface area contributed by atoms with E-state index in [1.54, 1.807) is 0 Å². The maximum absolute atomic E-state index is 11.9. The van der Waals surface area contributed by atoms with Gasteiger partial charge < -0.3 is 83.7 Å². The van der Waals surface area contributed by atoms with Crippen LogP contribution in [0.15, 0.2) is 59.7 Å². The Balaban J connectivity index is 0.000000281. The minimum Gasteiger partial charge on any atom is -0.463 e. The monoisotopic (exact) mass is 1450 g/mol. The van der Waals surface area contributed by atoms with Crippen LogP contribution >= 0.6 is 23.2 Å². The molecule has 4 saturated heterocycles. The van der Waals surface area contributed by atoms with Crippen molar-refractivity contribution in [3.8, 4) is 0 Å². The summed E-state index contributed by atoms with van der Waals surface area (Å²) in [6.45, 7) is 6.04. The third-order valence-corrected chi connectivity index (χ3v) is 14.6. The van der Waals surface area contributed by atoms with Crippen molar-refractivity contribution >= 4 is 117 Å². The van der Waals surface area contributed by atoms with Gasteiger partial charge in [-0.05, 0) is 0 Å². The van der Waals surface area contributed by atoms with Crippen LogP contribution in [0.2, 0.25) is 5.15 Å². The quantitative estimate of drug-likeness (QED) is 0.0256. The second-order valence-electron chi connectivity index (χ2n) is 20.8.